The van der Waals surface area contributed by atoms with Crippen molar-refractivity contribution >= 4 is 27.8 Å². The number of benzene rings is 2. The van der Waals surface area contributed by atoms with Crippen LogP contribution in [0.25, 0.3) is 33.1 Å². The Kier molecular flexibility index (Phi) is 4.92. The van der Waals surface area contributed by atoms with Crippen molar-refractivity contribution in [2.75, 3.05) is 32.5 Å². The fourth-order valence-corrected chi connectivity index (χ4v) is 3.43. The van der Waals surface area contributed by atoms with E-state index in [0.717, 1.165) is 41.6 Å². The van der Waals surface area contributed by atoms with Crippen LogP contribution in [0.4, 0.5) is 5.88 Å². The smallest absolute Gasteiger partial charge is 0.348 e. The van der Waals surface area contributed by atoms with Gasteiger partial charge in [0.25, 0.3) is 0 Å². The van der Waals surface area contributed by atoms with Gasteiger partial charge in [-0.3, -0.25) is 0 Å². The molecule has 5 nitrogen and oxygen atoms in total. The fourth-order valence-electron chi connectivity index (χ4n) is 3.43. The van der Waals surface area contributed by atoms with Gasteiger partial charge in [0.15, 0.2) is 5.58 Å². The Morgan fingerprint density at radius 1 is 1.00 bits per heavy atom. The van der Waals surface area contributed by atoms with Crippen LogP contribution < -0.4 is 10.9 Å². The number of nitrogens with zero attached hydrogens (tertiary/aromatic N) is 1. The van der Waals surface area contributed by atoms with Gasteiger partial charge in [0.1, 0.15) is 11.0 Å². The highest BCUT2D eigenvalue weighted by Crippen LogP contribution is 2.39. The molecule has 0 unspecified atom stereocenters. The number of furan rings is 1. The first-order valence-corrected chi connectivity index (χ1v) is 9.48. The number of anilines is 1. The zero-order valence-electron chi connectivity index (χ0n) is 16.4. The van der Waals surface area contributed by atoms with Crippen molar-refractivity contribution in [2.45, 2.75) is 13.3 Å². The Morgan fingerprint density at radius 3 is 2.50 bits per heavy atom. The Balaban J connectivity index is 1.89. The third kappa shape index (κ3) is 3.41. The SMILES string of the molecule is Cc1ccc(-c2c(NCCCN(C)C)oc3c2c(=O)oc2ccccc23)cc1. The fraction of sp³-hybridized carbons (Fsp3) is 0.261. The topological polar surface area (TPSA) is 58.6 Å². The van der Waals surface area contributed by atoms with E-state index in [9.17, 15) is 4.79 Å². The molecular formula is C23H24N2O3. The van der Waals surface area contributed by atoms with E-state index in [2.05, 4.69) is 24.3 Å². The summed E-state index contributed by atoms with van der Waals surface area (Å²) in [7, 11) is 4.10. The molecule has 0 radical (unpaired) electrons. The zero-order chi connectivity index (χ0) is 19.7. The second-order valence-corrected chi connectivity index (χ2v) is 7.35. The normalized spacial score (nSPS) is 11.6. The Hall–Kier alpha value is -3.05. The molecule has 0 saturated heterocycles. The van der Waals surface area contributed by atoms with Crippen LogP contribution in [0.2, 0.25) is 0 Å². The molecule has 0 saturated carbocycles. The number of rotatable bonds is 6. The Morgan fingerprint density at radius 2 is 1.75 bits per heavy atom. The van der Waals surface area contributed by atoms with Crippen LogP contribution in [0.15, 0.2) is 62.2 Å². The highest BCUT2D eigenvalue weighted by atomic mass is 16.4. The minimum atomic E-state index is -0.380. The van der Waals surface area contributed by atoms with Gasteiger partial charge in [-0.1, -0.05) is 42.0 Å². The second kappa shape index (κ2) is 7.52. The highest BCUT2D eigenvalue weighted by Gasteiger charge is 2.22. The van der Waals surface area contributed by atoms with E-state index in [1.807, 2.05) is 49.4 Å². The van der Waals surface area contributed by atoms with E-state index in [1.165, 1.54) is 0 Å². The first kappa shape index (κ1) is 18.3. The highest BCUT2D eigenvalue weighted by molar-refractivity contribution is 6.09. The van der Waals surface area contributed by atoms with E-state index in [4.69, 9.17) is 8.83 Å². The molecule has 0 aliphatic carbocycles. The summed E-state index contributed by atoms with van der Waals surface area (Å²) in [5, 5.41) is 4.67. The monoisotopic (exact) mass is 376 g/mol. The number of hydrogen-bond acceptors (Lipinski definition) is 5. The summed E-state index contributed by atoms with van der Waals surface area (Å²) in [5.74, 6) is 0.612. The molecule has 2 aromatic heterocycles. The maximum Gasteiger partial charge on any atom is 0.348 e. The summed E-state index contributed by atoms with van der Waals surface area (Å²) < 4.78 is 11.8. The minimum absolute atomic E-state index is 0.380. The first-order valence-electron chi connectivity index (χ1n) is 9.48. The minimum Gasteiger partial charge on any atom is -0.439 e. The molecule has 28 heavy (non-hydrogen) atoms. The summed E-state index contributed by atoms with van der Waals surface area (Å²) in [5.41, 5.74) is 3.58. The molecule has 0 fully saturated rings. The Bertz CT molecular complexity index is 1170. The average Bonchev–Trinajstić information content (AvgIpc) is 3.06. The molecule has 0 atom stereocenters. The van der Waals surface area contributed by atoms with Crippen molar-refractivity contribution in [2.24, 2.45) is 0 Å². The van der Waals surface area contributed by atoms with Crippen LogP contribution in [0.3, 0.4) is 0 Å². The summed E-state index contributed by atoms with van der Waals surface area (Å²) in [4.78, 5) is 15.0. The molecule has 0 bridgehead atoms. The van der Waals surface area contributed by atoms with Crippen molar-refractivity contribution in [3.8, 4) is 11.1 Å². The van der Waals surface area contributed by atoms with Gasteiger partial charge in [-0.2, -0.15) is 0 Å². The number of fused-ring (bicyclic) bond motifs is 3. The summed E-state index contributed by atoms with van der Waals surface area (Å²) in [6.07, 6.45) is 0.965. The van der Waals surface area contributed by atoms with E-state index in [1.54, 1.807) is 6.07 Å². The third-order valence-electron chi connectivity index (χ3n) is 4.85. The lowest BCUT2D eigenvalue weighted by molar-refractivity contribution is 0.404. The summed E-state index contributed by atoms with van der Waals surface area (Å²) >= 11 is 0. The molecule has 2 heterocycles. The first-order chi connectivity index (χ1) is 13.5. The van der Waals surface area contributed by atoms with Crippen LogP contribution in [-0.4, -0.2) is 32.1 Å². The lowest BCUT2D eigenvalue weighted by Crippen LogP contribution is -2.16. The van der Waals surface area contributed by atoms with Gasteiger partial charge in [-0.15, -0.1) is 0 Å². The lowest BCUT2D eigenvalue weighted by Gasteiger charge is -2.10. The molecule has 0 spiro atoms. The quantitative estimate of drug-likeness (QED) is 0.384. The van der Waals surface area contributed by atoms with E-state index < -0.39 is 0 Å². The molecule has 1 N–H and O–H groups in total. The average molecular weight is 376 g/mol. The summed E-state index contributed by atoms with van der Waals surface area (Å²) in [6.45, 7) is 3.76. The second-order valence-electron chi connectivity index (χ2n) is 7.35. The lowest BCUT2D eigenvalue weighted by atomic mass is 10.0. The van der Waals surface area contributed by atoms with Crippen LogP contribution in [0.5, 0.6) is 0 Å². The molecule has 2 aromatic carbocycles. The van der Waals surface area contributed by atoms with E-state index >= 15 is 0 Å². The maximum atomic E-state index is 12.8. The van der Waals surface area contributed by atoms with E-state index in [0.29, 0.717) is 22.4 Å². The van der Waals surface area contributed by atoms with Crippen molar-refractivity contribution < 1.29 is 8.83 Å². The van der Waals surface area contributed by atoms with Crippen LogP contribution in [0.1, 0.15) is 12.0 Å². The predicted octanol–water partition coefficient (Wildman–Crippen LogP) is 4.88. The molecular weight excluding hydrogens is 352 g/mol. The molecule has 0 amide bonds. The van der Waals surface area contributed by atoms with Gasteiger partial charge >= 0.3 is 5.63 Å². The van der Waals surface area contributed by atoms with Crippen molar-refractivity contribution in [1.29, 1.82) is 0 Å². The van der Waals surface area contributed by atoms with Crippen molar-refractivity contribution in [3.05, 3.63) is 64.5 Å². The molecule has 144 valence electrons. The van der Waals surface area contributed by atoms with Crippen LogP contribution in [0, 0.1) is 6.92 Å². The number of aryl methyl sites for hydroxylation is 1. The van der Waals surface area contributed by atoms with E-state index in [-0.39, 0.29) is 5.63 Å². The maximum absolute atomic E-state index is 12.8. The number of hydrogen-bond donors (Lipinski definition) is 1. The standard InChI is InChI=1S/C23H24N2O3/c1-15-9-11-16(12-10-15)19-20-21(28-22(19)24-13-6-14-25(2)3)17-7-4-5-8-18(17)27-23(20)26/h4-5,7-12,24H,6,13-14H2,1-3H3. The number of nitrogens with one attached hydrogen (secondary N) is 1. The van der Waals surface area contributed by atoms with Crippen molar-refractivity contribution in [3.63, 3.8) is 0 Å². The van der Waals surface area contributed by atoms with Crippen LogP contribution in [-0.2, 0) is 0 Å². The zero-order valence-corrected chi connectivity index (χ0v) is 16.4. The summed E-state index contributed by atoms with van der Waals surface area (Å²) in [6, 6.07) is 15.6. The largest absolute Gasteiger partial charge is 0.439 e. The number of para-hydroxylation sites is 1. The molecule has 4 rings (SSSR count). The molecule has 0 aliphatic heterocycles. The van der Waals surface area contributed by atoms with Gasteiger partial charge in [-0.25, -0.2) is 4.79 Å². The molecule has 4 aromatic rings. The molecule has 0 aliphatic rings. The van der Waals surface area contributed by atoms with Gasteiger partial charge in [0.2, 0.25) is 5.88 Å². The predicted molar refractivity (Wildman–Crippen MR) is 114 cm³/mol. The Labute approximate surface area is 163 Å². The van der Waals surface area contributed by atoms with Gasteiger partial charge < -0.3 is 19.1 Å². The van der Waals surface area contributed by atoms with Gasteiger partial charge in [0, 0.05) is 6.54 Å². The van der Waals surface area contributed by atoms with Crippen LogP contribution >= 0.6 is 0 Å². The van der Waals surface area contributed by atoms with Gasteiger partial charge in [0.05, 0.1) is 10.9 Å². The molecule has 5 heteroatoms. The van der Waals surface area contributed by atoms with Crippen molar-refractivity contribution in [1.82, 2.24) is 4.90 Å². The third-order valence-corrected chi connectivity index (χ3v) is 4.85. The van der Waals surface area contributed by atoms with Gasteiger partial charge in [-0.05, 0) is 51.7 Å².